The molecule has 0 fully saturated rings. The Bertz CT molecular complexity index is 389. The number of hydrogen-bond donors (Lipinski definition) is 1. The molecule has 0 aliphatic rings. The van der Waals surface area contributed by atoms with Crippen molar-refractivity contribution in [3.63, 3.8) is 0 Å². The maximum absolute atomic E-state index is 9.08. The van der Waals surface area contributed by atoms with E-state index in [1.165, 1.54) is 0 Å². The summed E-state index contributed by atoms with van der Waals surface area (Å²) in [6.07, 6.45) is 1.75. The van der Waals surface area contributed by atoms with Crippen LogP contribution in [0.2, 0.25) is 0 Å². The normalized spacial score (nSPS) is 8.53. The minimum Gasteiger partial charge on any atom is -0.508 e. The number of pyridine rings is 1. The van der Waals surface area contributed by atoms with Crippen LogP contribution in [-0.2, 0) is 40.2 Å². The van der Waals surface area contributed by atoms with Gasteiger partial charge in [-0.2, -0.15) is 0 Å². The van der Waals surface area contributed by atoms with Gasteiger partial charge in [0.05, 0.1) is 5.69 Å². The predicted molar refractivity (Wildman–Crippen MR) is 51.3 cm³/mol. The van der Waals surface area contributed by atoms with Gasteiger partial charge in [0, 0.05) is 52.0 Å². The first-order chi connectivity index (χ1) is 6.36. The predicted octanol–water partition coefficient (Wildman–Crippen LogP) is 2.45. The molecule has 4 heteroatoms. The van der Waals surface area contributed by atoms with Crippen LogP contribution in [0.1, 0.15) is 0 Å². The van der Waals surface area contributed by atoms with Crippen LogP contribution in [0.25, 0.3) is 11.3 Å². The molecule has 2 nitrogen and oxygen atoms in total. The van der Waals surface area contributed by atoms with Gasteiger partial charge in [0.1, 0.15) is 5.75 Å². The Morgan fingerprint density at radius 1 is 0.867 bits per heavy atom. The number of aromatic nitrogens is 1. The minimum absolute atomic E-state index is 0. The van der Waals surface area contributed by atoms with E-state index in [0.717, 1.165) is 11.3 Å². The smallest absolute Gasteiger partial charge is 0.115 e. The fourth-order valence-electron chi connectivity index (χ4n) is 1.17. The van der Waals surface area contributed by atoms with Crippen molar-refractivity contribution in [3.05, 3.63) is 48.7 Å². The van der Waals surface area contributed by atoms with Crippen molar-refractivity contribution in [3.8, 4) is 17.0 Å². The van der Waals surface area contributed by atoms with Crippen molar-refractivity contribution in [2.75, 3.05) is 0 Å². The second kappa shape index (κ2) is 6.86. The summed E-state index contributed by atoms with van der Waals surface area (Å²) in [5.41, 5.74) is 1.93. The van der Waals surface area contributed by atoms with Crippen molar-refractivity contribution in [1.82, 2.24) is 4.98 Å². The third-order valence-electron chi connectivity index (χ3n) is 1.83. The average Bonchev–Trinajstić information content (AvgIpc) is 2.20. The topological polar surface area (TPSA) is 33.1 Å². The summed E-state index contributed by atoms with van der Waals surface area (Å²) in [6, 6.07) is 12.8. The van der Waals surface area contributed by atoms with Gasteiger partial charge in [-0.1, -0.05) is 6.07 Å². The third-order valence-corrected chi connectivity index (χ3v) is 1.83. The Labute approximate surface area is 115 Å². The zero-order valence-electron chi connectivity index (χ0n) is 7.68. The number of phenolic OH excluding ortho intramolecular Hbond substituents is 1. The van der Waals surface area contributed by atoms with Crippen LogP contribution < -0.4 is 0 Å². The van der Waals surface area contributed by atoms with E-state index < -0.39 is 0 Å². The molecule has 1 N–H and O–H groups in total. The van der Waals surface area contributed by atoms with Crippen molar-refractivity contribution in [2.45, 2.75) is 0 Å². The molecule has 1 aromatic heterocycles. The van der Waals surface area contributed by atoms with Crippen LogP contribution in [0, 0.1) is 0 Å². The molecule has 0 aliphatic heterocycles. The van der Waals surface area contributed by atoms with Gasteiger partial charge in [0.25, 0.3) is 0 Å². The molecule has 0 aliphatic carbocycles. The second-order valence-electron chi connectivity index (χ2n) is 2.76. The van der Waals surface area contributed by atoms with E-state index in [4.69, 9.17) is 5.11 Å². The monoisotopic (exact) mass is 557 g/mol. The fourth-order valence-corrected chi connectivity index (χ4v) is 1.17. The quantitative estimate of drug-likeness (QED) is 0.587. The van der Waals surface area contributed by atoms with Crippen molar-refractivity contribution >= 4 is 0 Å². The summed E-state index contributed by atoms with van der Waals surface area (Å²) < 4.78 is 0. The van der Waals surface area contributed by atoms with Crippen LogP contribution in [0.15, 0.2) is 48.7 Å². The molecule has 0 bridgehead atoms. The van der Waals surface area contributed by atoms with E-state index in [-0.39, 0.29) is 46.0 Å². The molecular weight excluding hydrogens is 547 g/mol. The Kier molecular flexibility index (Phi) is 6.62. The van der Waals surface area contributed by atoms with Crippen LogP contribution in [0.4, 0.5) is 0 Å². The zero-order valence-corrected chi connectivity index (χ0v) is 12.5. The maximum atomic E-state index is 9.08. The summed E-state index contributed by atoms with van der Waals surface area (Å²) in [6.45, 7) is 0. The molecular formula is C11H9Ir2NO. The third kappa shape index (κ3) is 3.84. The summed E-state index contributed by atoms with van der Waals surface area (Å²) in [7, 11) is 0. The van der Waals surface area contributed by atoms with Crippen molar-refractivity contribution in [2.24, 2.45) is 0 Å². The van der Waals surface area contributed by atoms with Gasteiger partial charge in [-0.25, -0.2) is 0 Å². The van der Waals surface area contributed by atoms with E-state index in [2.05, 4.69) is 4.98 Å². The van der Waals surface area contributed by atoms with Gasteiger partial charge < -0.3 is 5.11 Å². The van der Waals surface area contributed by atoms with E-state index in [1.807, 2.05) is 30.3 Å². The first-order valence-electron chi connectivity index (χ1n) is 4.07. The molecule has 0 atom stereocenters. The van der Waals surface area contributed by atoms with Gasteiger partial charge in [-0.3, -0.25) is 4.98 Å². The van der Waals surface area contributed by atoms with E-state index >= 15 is 0 Å². The molecule has 2 rings (SSSR count). The minimum atomic E-state index is 0. The van der Waals surface area contributed by atoms with Crippen LogP contribution in [0.3, 0.4) is 0 Å². The first-order valence-corrected chi connectivity index (χ1v) is 4.07. The molecule has 0 unspecified atom stereocenters. The molecule has 2 radical (unpaired) electrons. The van der Waals surface area contributed by atoms with E-state index in [9.17, 15) is 0 Å². The number of nitrogens with zero attached hydrogens (tertiary/aromatic N) is 1. The molecule has 0 amide bonds. The molecule has 82 valence electrons. The summed E-state index contributed by atoms with van der Waals surface area (Å²) in [4.78, 5) is 4.20. The molecule has 1 heterocycles. The molecule has 15 heavy (non-hydrogen) atoms. The van der Waals surface area contributed by atoms with Crippen LogP contribution in [-0.4, -0.2) is 10.1 Å². The SMILES string of the molecule is Oc1ccc(-c2ccccn2)cc1.[Ir].[Ir]. The van der Waals surface area contributed by atoms with E-state index in [1.54, 1.807) is 18.3 Å². The van der Waals surface area contributed by atoms with Crippen LogP contribution in [0.5, 0.6) is 5.75 Å². The number of benzene rings is 1. The average molecular weight is 556 g/mol. The molecule has 0 saturated carbocycles. The maximum Gasteiger partial charge on any atom is 0.115 e. The number of phenols is 1. The zero-order chi connectivity index (χ0) is 9.10. The summed E-state index contributed by atoms with van der Waals surface area (Å²) in [5, 5.41) is 9.08. The van der Waals surface area contributed by atoms with Gasteiger partial charge in [0.2, 0.25) is 0 Å². The number of hydrogen-bond acceptors (Lipinski definition) is 2. The Morgan fingerprint density at radius 3 is 2.07 bits per heavy atom. The Balaban J connectivity index is 0.000000980. The Morgan fingerprint density at radius 2 is 1.53 bits per heavy atom. The summed E-state index contributed by atoms with van der Waals surface area (Å²) in [5.74, 6) is 0.277. The molecule has 0 spiro atoms. The van der Waals surface area contributed by atoms with Crippen molar-refractivity contribution in [1.29, 1.82) is 0 Å². The van der Waals surface area contributed by atoms with Gasteiger partial charge in [-0.05, 0) is 36.4 Å². The molecule has 2 aromatic rings. The fraction of sp³-hybridized carbons (Fsp3) is 0. The molecule has 1 aromatic carbocycles. The summed E-state index contributed by atoms with van der Waals surface area (Å²) >= 11 is 0. The van der Waals surface area contributed by atoms with Crippen LogP contribution >= 0.6 is 0 Å². The molecule has 0 saturated heterocycles. The van der Waals surface area contributed by atoms with Gasteiger partial charge in [0.15, 0.2) is 0 Å². The van der Waals surface area contributed by atoms with Crippen molar-refractivity contribution < 1.29 is 45.3 Å². The number of aromatic hydroxyl groups is 1. The first kappa shape index (κ1) is 14.5. The van der Waals surface area contributed by atoms with E-state index in [0.29, 0.717) is 0 Å². The standard InChI is InChI=1S/C11H9NO.2Ir/c13-10-6-4-9(5-7-10)11-3-1-2-8-12-11;;/h1-8,13H;;. The van der Waals surface area contributed by atoms with Gasteiger partial charge in [-0.15, -0.1) is 0 Å². The van der Waals surface area contributed by atoms with Gasteiger partial charge >= 0.3 is 0 Å². The number of rotatable bonds is 1. The Hall–Kier alpha value is -0.531. The largest absolute Gasteiger partial charge is 0.508 e. The second-order valence-corrected chi connectivity index (χ2v) is 2.76.